The minimum Gasteiger partial charge on any atom is -0.497 e. The molecule has 1 heterocycles. The molecule has 1 aliphatic heterocycles. The summed E-state index contributed by atoms with van der Waals surface area (Å²) in [5, 5.41) is 7.30. The molecule has 3 nitrogen and oxygen atoms in total. The second kappa shape index (κ2) is 7.53. The molecule has 1 aromatic carbocycles. The Hall–Kier alpha value is -1.22. The lowest BCUT2D eigenvalue weighted by atomic mass is 10.0. The van der Waals surface area contributed by atoms with Crippen molar-refractivity contribution in [3.8, 4) is 5.75 Å². The molecule has 2 rings (SSSR count). The number of anilines is 1. The van der Waals surface area contributed by atoms with Crippen LogP contribution in [0, 0.1) is 6.92 Å². The van der Waals surface area contributed by atoms with Gasteiger partial charge in [0, 0.05) is 17.8 Å². The van der Waals surface area contributed by atoms with Crippen molar-refractivity contribution in [2.24, 2.45) is 0 Å². The van der Waals surface area contributed by atoms with E-state index in [1.807, 2.05) is 6.07 Å². The minimum absolute atomic E-state index is 0.484. The Morgan fingerprint density at radius 2 is 2.20 bits per heavy atom. The zero-order valence-electron chi connectivity index (χ0n) is 13.0. The molecule has 0 radical (unpaired) electrons. The summed E-state index contributed by atoms with van der Waals surface area (Å²) in [5.41, 5.74) is 2.46. The lowest BCUT2D eigenvalue weighted by Crippen LogP contribution is -2.33. The van der Waals surface area contributed by atoms with Crippen molar-refractivity contribution in [3.63, 3.8) is 0 Å². The van der Waals surface area contributed by atoms with Crippen LogP contribution in [0.15, 0.2) is 18.2 Å². The topological polar surface area (TPSA) is 33.3 Å². The average molecular weight is 276 g/mol. The second-order valence-corrected chi connectivity index (χ2v) is 5.96. The number of ether oxygens (including phenoxy) is 1. The fourth-order valence-electron chi connectivity index (χ4n) is 2.98. The molecule has 1 fully saturated rings. The van der Waals surface area contributed by atoms with Crippen LogP contribution in [0.4, 0.5) is 5.69 Å². The van der Waals surface area contributed by atoms with Gasteiger partial charge in [-0.25, -0.2) is 0 Å². The molecular weight excluding hydrogens is 248 g/mol. The molecule has 112 valence electrons. The first-order valence-corrected chi connectivity index (χ1v) is 7.83. The van der Waals surface area contributed by atoms with Gasteiger partial charge in [-0.3, -0.25) is 0 Å². The number of rotatable bonds is 5. The molecule has 2 atom stereocenters. The van der Waals surface area contributed by atoms with Gasteiger partial charge >= 0.3 is 0 Å². The molecule has 1 aliphatic rings. The molecule has 0 aliphatic carbocycles. The van der Waals surface area contributed by atoms with Gasteiger partial charge in [-0.1, -0.05) is 12.8 Å². The van der Waals surface area contributed by atoms with Gasteiger partial charge in [-0.2, -0.15) is 0 Å². The molecule has 0 saturated carbocycles. The van der Waals surface area contributed by atoms with Crippen molar-refractivity contribution in [3.05, 3.63) is 23.8 Å². The first-order chi connectivity index (χ1) is 9.69. The molecule has 0 spiro atoms. The summed E-state index contributed by atoms with van der Waals surface area (Å²) >= 11 is 0. The lowest BCUT2D eigenvalue weighted by molar-refractivity contribution is 0.414. The van der Waals surface area contributed by atoms with Crippen LogP contribution in [0.25, 0.3) is 0 Å². The van der Waals surface area contributed by atoms with E-state index in [0.717, 1.165) is 5.75 Å². The van der Waals surface area contributed by atoms with Crippen molar-refractivity contribution < 1.29 is 4.74 Å². The van der Waals surface area contributed by atoms with Crippen LogP contribution in [-0.4, -0.2) is 25.7 Å². The lowest BCUT2D eigenvalue weighted by Gasteiger charge is -2.23. The highest BCUT2D eigenvalue weighted by atomic mass is 16.5. The summed E-state index contributed by atoms with van der Waals surface area (Å²) in [6, 6.07) is 7.37. The van der Waals surface area contributed by atoms with Gasteiger partial charge in [0.2, 0.25) is 0 Å². The Kier molecular flexibility index (Phi) is 5.72. The van der Waals surface area contributed by atoms with Crippen LogP contribution in [0.2, 0.25) is 0 Å². The second-order valence-electron chi connectivity index (χ2n) is 5.96. The van der Waals surface area contributed by atoms with E-state index in [2.05, 4.69) is 36.6 Å². The van der Waals surface area contributed by atoms with E-state index in [1.165, 1.54) is 49.9 Å². The van der Waals surface area contributed by atoms with E-state index in [-0.39, 0.29) is 0 Å². The first kappa shape index (κ1) is 15.2. The maximum Gasteiger partial charge on any atom is 0.119 e. The predicted molar refractivity (Wildman–Crippen MR) is 85.7 cm³/mol. The molecule has 2 N–H and O–H groups in total. The molecule has 20 heavy (non-hydrogen) atoms. The van der Waals surface area contributed by atoms with Gasteiger partial charge in [-0.05, 0) is 63.4 Å². The highest BCUT2D eigenvalue weighted by molar-refractivity contribution is 5.54. The summed E-state index contributed by atoms with van der Waals surface area (Å²) in [7, 11) is 1.71. The number of benzene rings is 1. The molecule has 0 aromatic heterocycles. The fraction of sp³-hybridized carbons (Fsp3) is 0.647. The number of nitrogens with one attached hydrogen (secondary N) is 2. The van der Waals surface area contributed by atoms with Crippen molar-refractivity contribution in [1.82, 2.24) is 5.32 Å². The van der Waals surface area contributed by atoms with Gasteiger partial charge in [0.05, 0.1) is 7.11 Å². The molecule has 1 saturated heterocycles. The average Bonchev–Trinajstić information content (AvgIpc) is 2.69. The predicted octanol–water partition coefficient (Wildman–Crippen LogP) is 3.73. The van der Waals surface area contributed by atoms with E-state index >= 15 is 0 Å². The van der Waals surface area contributed by atoms with Gasteiger partial charge in [0.1, 0.15) is 5.75 Å². The molecule has 3 heteroatoms. The van der Waals surface area contributed by atoms with Crippen molar-refractivity contribution >= 4 is 5.69 Å². The van der Waals surface area contributed by atoms with E-state index < -0.39 is 0 Å². The van der Waals surface area contributed by atoms with Crippen molar-refractivity contribution in [1.29, 1.82) is 0 Å². The third kappa shape index (κ3) is 4.41. The molecule has 0 amide bonds. The highest BCUT2D eigenvalue weighted by Crippen LogP contribution is 2.23. The summed E-state index contributed by atoms with van der Waals surface area (Å²) < 4.78 is 5.25. The molecule has 0 bridgehead atoms. The number of hydrogen-bond acceptors (Lipinski definition) is 3. The van der Waals surface area contributed by atoms with Crippen LogP contribution in [-0.2, 0) is 0 Å². The third-order valence-corrected chi connectivity index (χ3v) is 4.14. The van der Waals surface area contributed by atoms with Crippen LogP contribution in [0.5, 0.6) is 5.75 Å². The molecule has 2 unspecified atom stereocenters. The van der Waals surface area contributed by atoms with Gasteiger partial charge in [0.25, 0.3) is 0 Å². The van der Waals surface area contributed by atoms with Gasteiger partial charge in [-0.15, -0.1) is 0 Å². The Morgan fingerprint density at radius 1 is 1.35 bits per heavy atom. The van der Waals surface area contributed by atoms with E-state index in [9.17, 15) is 0 Å². The van der Waals surface area contributed by atoms with Crippen molar-refractivity contribution in [2.75, 3.05) is 19.0 Å². The third-order valence-electron chi connectivity index (χ3n) is 4.14. The quantitative estimate of drug-likeness (QED) is 0.860. The summed E-state index contributed by atoms with van der Waals surface area (Å²) in [6.45, 7) is 5.58. The smallest absolute Gasteiger partial charge is 0.119 e. The zero-order valence-corrected chi connectivity index (χ0v) is 13.0. The van der Waals surface area contributed by atoms with Gasteiger partial charge in [0.15, 0.2) is 0 Å². The number of methoxy groups -OCH3 is 1. The molecular formula is C17H28N2O. The summed E-state index contributed by atoms with van der Waals surface area (Å²) in [5.74, 6) is 0.922. The Balaban J connectivity index is 1.88. The fourth-order valence-corrected chi connectivity index (χ4v) is 2.98. The van der Waals surface area contributed by atoms with Crippen LogP contribution in [0.1, 0.15) is 44.6 Å². The van der Waals surface area contributed by atoms with Gasteiger partial charge < -0.3 is 15.4 Å². The van der Waals surface area contributed by atoms with E-state index in [4.69, 9.17) is 4.74 Å². The minimum atomic E-state index is 0.484. The molecule has 1 aromatic rings. The Bertz CT molecular complexity index is 411. The summed E-state index contributed by atoms with van der Waals surface area (Å²) in [4.78, 5) is 0. The van der Waals surface area contributed by atoms with Crippen molar-refractivity contribution in [2.45, 2.75) is 58.0 Å². The Morgan fingerprint density at radius 3 is 2.95 bits per heavy atom. The SMILES string of the molecule is COc1ccc(NC(C)CC2CCCCCN2)c(C)c1. The standard InChI is InChI=1S/C17H28N2O/c1-13-11-16(20-3)8-9-17(13)19-14(2)12-15-7-5-4-6-10-18-15/h8-9,11,14-15,18-19H,4-7,10,12H2,1-3H3. The van der Waals surface area contributed by atoms with E-state index in [1.54, 1.807) is 7.11 Å². The normalized spacial score (nSPS) is 21.1. The number of hydrogen-bond donors (Lipinski definition) is 2. The highest BCUT2D eigenvalue weighted by Gasteiger charge is 2.15. The number of aryl methyl sites for hydroxylation is 1. The largest absolute Gasteiger partial charge is 0.497 e. The first-order valence-electron chi connectivity index (χ1n) is 7.83. The maximum atomic E-state index is 5.25. The maximum absolute atomic E-state index is 5.25. The van der Waals surface area contributed by atoms with Crippen LogP contribution < -0.4 is 15.4 Å². The summed E-state index contributed by atoms with van der Waals surface area (Å²) in [6.07, 6.45) is 6.57. The zero-order chi connectivity index (χ0) is 14.4. The monoisotopic (exact) mass is 276 g/mol. The van der Waals surface area contributed by atoms with Crippen LogP contribution in [0.3, 0.4) is 0 Å². The Labute approximate surface area is 123 Å². The van der Waals surface area contributed by atoms with Crippen LogP contribution >= 0.6 is 0 Å². The van der Waals surface area contributed by atoms with E-state index in [0.29, 0.717) is 12.1 Å².